The molecule has 0 aromatic heterocycles. The SMILES string of the molecule is CC(NC(=O)Nc1ccc(C#N)cc1)c1ccc(C(=O)NO)cc1. The molecule has 7 heteroatoms. The van der Waals surface area contributed by atoms with E-state index in [4.69, 9.17) is 10.5 Å². The van der Waals surface area contributed by atoms with E-state index in [1.165, 1.54) is 0 Å². The predicted molar refractivity (Wildman–Crippen MR) is 87.4 cm³/mol. The molecule has 0 bridgehead atoms. The van der Waals surface area contributed by atoms with Crippen molar-refractivity contribution >= 4 is 17.6 Å². The van der Waals surface area contributed by atoms with E-state index >= 15 is 0 Å². The molecule has 0 saturated heterocycles. The Morgan fingerprint density at radius 1 is 1.08 bits per heavy atom. The van der Waals surface area contributed by atoms with Gasteiger partial charge in [-0.2, -0.15) is 5.26 Å². The predicted octanol–water partition coefficient (Wildman–Crippen LogP) is 2.56. The molecule has 2 aromatic carbocycles. The van der Waals surface area contributed by atoms with Gasteiger partial charge in [0, 0.05) is 11.3 Å². The van der Waals surface area contributed by atoms with Crippen LogP contribution in [0.2, 0.25) is 0 Å². The van der Waals surface area contributed by atoms with Crippen LogP contribution in [0.4, 0.5) is 10.5 Å². The highest BCUT2D eigenvalue weighted by Crippen LogP contribution is 2.14. The molecule has 0 aliphatic rings. The summed E-state index contributed by atoms with van der Waals surface area (Å²) in [6, 6.07) is 14.3. The summed E-state index contributed by atoms with van der Waals surface area (Å²) in [7, 11) is 0. The fraction of sp³-hybridized carbons (Fsp3) is 0.118. The Labute approximate surface area is 138 Å². The molecule has 4 N–H and O–H groups in total. The molecule has 0 radical (unpaired) electrons. The van der Waals surface area contributed by atoms with E-state index in [2.05, 4.69) is 10.6 Å². The van der Waals surface area contributed by atoms with Gasteiger partial charge in [0.15, 0.2) is 0 Å². The van der Waals surface area contributed by atoms with Crippen molar-refractivity contribution in [2.45, 2.75) is 13.0 Å². The summed E-state index contributed by atoms with van der Waals surface area (Å²) in [5.41, 5.74) is 3.77. The van der Waals surface area contributed by atoms with Crippen molar-refractivity contribution in [3.05, 3.63) is 65.2 Å². The van der Waals surface area contributed by atoms with Gasteiger partial charge < -0.3 is 10.6 Å². The smallest absolute Gasteiger partial charge is 0.319 e. The molecule has 3 amide bonds. The quantitative estimate of drug-likeness (QED) is 0.511. The first-order chi connectivity index (χ1) is 11.5. The topological polar surface area (TPSA) is 114 Å². The van der Waals surface area contributed by atoms with Crippen LogP contribution in [-0.4, -0.2) is 17.1 Å². The normalized spacial score (nSPS) is 11.0. The number of nitrogens with zero attached hydrogens (tertiary/aromatic N) is 1. The van der Waals surface area contributed by atoms with Crippen LogP contribution in [0, 0.1) is 11.3 Å². The largest absolute Gasteiger partial charge is 0.331 e. The second-order valence-electron chi connectivity index (χ2n) is 5.07. The molecule has 1 atom stereocenters. The number of hydrogen-bond donors (Lipinski definition) is 4. The zero-order valence-electron chi connectivity index (χ0n) is 12.9. The minimum Gasteiger partial charge on any atom is -0.331 e. The fourth-order valence-corrected chi connectivity index (χ4v) is 2.06. The van der Waals surface area contributed by atoms with Crippen molar-refractivity contribution in [1.82, 2.24) is 10.8 Å². The second-order valence-corrected chi connectivity index (χ2v) is 5.07. The summed E-state index contributed by atoms with van der Waals surface area (Å²) in [4.78, 5) is 23.2. The number of carbonyl (C=O) groups excluding carboxylic acids is 2. The van der Waals surface area contributed by atoms with E-state index in [1.807, 2.05) is 6.07 Å². The lowest BCUT2D eigenvalue weighted by Gasteiger charge is -2.15. The molecule has 2 aromatic rings. The highest BCUT2D eigenvalue weighted by molar-refractivity contribution is 5.93. The van der Waals surface area contributed by atoms with Crippen molar-refractivity contribution in [3.8, 4) is 6.07 Å². The highest BCUT2D eigenvalue weighted by Gasteiger charge is 2.11. The Hall–Kier alpha value is -3.37. The third-order valence-corrected chi connectivity index (χ3v) is 3.39. The molecule has 2 rings (SSSR count). The van der Waals surface area contributed by atoms with E-state index in [0.29, 0.717) is 16.8 Å². The molecule has 122 valence electrons. The molecule has 0 fully saturated rings. The number of hydroxylamine groups is 1. The zero-order chi connectivity index (χ0) is 17.5. The molecule has 1 unspecified atom stereocenters. The van der Waals surface area contributed by atoms with Gasteiger partial charge in [-0.3, -0.25) is 10.0 Å². The van der Waals surface area contributed by atoms with E-state index in [1.54, 1.807) is 60.9 Å². The number of nitrogens with one attached hydrogen (secondary N) is 3. The number of nitriles is 1. The van der Waals surface area contributed by atoms with Crippen LogP contribution in [0.15, 0.2) is 48.5 Å². The maximum atomic E-state index is 12.0. The van der Waals surface area contributed by atoms with Gasteiger partial charge in [0.2, 0.25) is 0 Å². The minimum absolute atomic E-state index is 0.283. The standard InChI is InChI=1S/C17H16N4O3/c1-11(13-4-6-14(7-5-13)16(22)21-24)19-17(23)20-15-8-2-12(10-18)3-9-15/h2-9,11,24H,1H3,(H,21,22)(H2,19,20,23). The number of carbonyl (C=O) groups is 2. The molecule has 0 saturated carbocycles. The van der Waals surface area contributed by atoms with Crippen molar-refractivity contribution in [2.24, 2.45) is 0 Å². The lowest BCUT2D eigenvalue weighted by Crippen LogP contribution is -2.31. The van der Waals surface area contributed by atoms with Crippen LogP contribution in [0.3, 0.4) is 0 Å². The Kier molecular flexibility index (Phi) is 5.49. The minimum atomic E-state index is -0.597. The maximum absolute atomic E-state index is 12.0. The molecule has 0 aliphatic carbocycles. The number of amides is 3. The molecule has 7 nitrogen and oxygen atoms in total. The number of hydrogen-bond acceptors (Lipinski definition) is 4. The third kappa shape index (κ3) is 4.32. The van der Waals surface area contributed by atoms with Gasteiger partial charge in [-0.15, -0.1) is 0 Å². The summed E-state index contributed by atoms with van der Waals surface area (Å²) in [6.45, 7) is 1.81. The van der Waals surface area contributed by atoms with Crippen molar-refractivity contribution in [2.75, 3.05) is 5.32 Å². The van der Waals surface area contributed by atoms with E-state index in [0.717, 1.165) is 5.56 Å². The van der Waals surface area contributed by atoms with Crippen LogP contribution in [0.1, 0.15) is 34.5 Å². The first-order valence-corrected chi connectivity index (χ1v) is 7.15. The van der Waals surface area contributed by atoms with Crippen LogP contribution < -0.4 is 16.1 Å². The van der Waals surface area contributed by atoms with Crippen LogP contribution in [0.5, 0.6) is 0 Å². The summed E-state index contributed by atoms with van der Waals surface area (Å²) in [5, 5.41) is 22.8. The van der Waals surface area contributed by atoms with Gasteiger partial charge in [0.25, 0.3) is 5.91 Å². The van der Waals surface area contributed by atoms with Gasteiger partial charge in [0.1, 0.15) is 0 Å². The molecule has 24 heavy (non-hydrogen) atoms. The van der Waals surface area contributed by atoms with Gasteiger partial charge >= 0.3 is 6.03 Å². The van der Waals surface area contributed by atoms with Gasteiger partial charge in [-0.1, -0.05) is 12.1 Å². The first-order valence-electron chi connectivity index (χ1n) is 7.15. The van der Waals surface area contributed by atoms with Crippen molar-refractivity contribution in [3.63, 3.8) is 0 Å². The maximum Gasteiger partial charge on any atom is 0.319 e. The molecule has 0 heterocycles. The average molecular weight is 324 g/mol. The molecular formula is C17H16N4O3. The van der Waals surface area contributed by atoms with Gasteiger partial charge in [-0.05, 0) is 48.9 Å². The number of urea groups is 1. The lowest BCUT2D eigenvalue weighted by atomic mass is 10.1. The van der Waals surface area contributed by atoms with Crippen LogP contribution in [-0.2, 0) is 0 Å². The molecule has 0 spiro atoms. The molecule has 0 aliphatic heterocycles. The monoisotopic (exact) mass is 324 g/mol. The average Bonchev–Trinajstić information content (AvgIpc) is 2.61. The third-order valence-electron chi connectivity index (χ3n) is 3.39. The summed E-state index contributed by atoms with van der Waals surface area (Å²) >= 11 is 0. The Morgan fingerprint density at radius 2 is 1.71 bits per heavy atom. The van der Waals surface area contributed by atoms with E-state index in [9.17, 15) is 9.59 Å². The van der Waals surface area contributed by atoms with E-state index < -0.39 is 5.91 Å². The zero-order valence-corrected chi connectivity index (χ0v) is 12.9. The summed E-state index contributed by atoms with van der Waals surface area (Å²) < 4.78 is 0. The number of benzene rings is 2. The number of rotatable bonds is 4. The second kappa shape index (κ2) is 7.76. The van der Waals surface area contributed by atoms with Crippen molar-refractivity contribution < 1.29 is 14.8 Å². The fourth-order valence-electron chi connectivity index (χ4n) is 2.06. The van der Waals surface area contributed by atoms with Gasteiger partial charge in [-0.25, -0.2) is 10.3 Å². The highest BCUT2D eigenvalue weighted by atomic mass is 16.5. The lowest BCUT2D eigenvalue weighted by molar-refractivity contribution is 0.0706. The van der Waals surface area contributed by atoms with Crippen molar-refractivity contribution in [1.29, 1.82) is 5.26 Å². The summed E-state index contributed by atoms with van der Waals surface area (Å²) in [6.07, 6.45) is 0. The Balaban J connectivity index is 1.95. The van der Waals surface area contributed by atoms with Gasteiger partial charge in [0.05, 0.1) is 17.7 Å². The first kappa shape index (κ1) is 17.0. The number of anilines is 1. The summed E-state index contributed by atoms with van der Waals surface area (Å²) in [5.74, 6) is -0.597. The Bertz CT molecular complexity index is 764. The Morgan fingerprint density at radius 3 is 2.25 bits per heavy atom. The van der Waals surface area contributed by atoms with Crippen LogP contribution in [0.25, 0.3) is 0 Å². The molecular weight excluding hydrogens is 308 g/mol. The van der Waals surface area contributed by atoms with E-state index in [-0.39, 0.29) is 12.1 Å². The van der Waals surface area contributed by atoms with Crippen LogP contribution >= 0.6 is 0 Å².